The van der Waals surface area contributed by atoms with Gasteiger partial charge in [-0.1, -0.05) is 30.7 Å². The topological polar surface area (TPSA) is 3.24 Å². The molecule has 0 N–H and O–H groups in total. The van der Waals surface area contributed by atoms with Crippen molar-refractivity contribution in [2.75, 3.05) is 20.1 Å². The van der Waals surface area contributed by atoms with Gasteiger partial charge in [0, 0.05) is 12.5 Å². The molecule has 0 aromatic rings. The van der Waals surface area contributed by atoms with Gasteiger partial charge in [-0.05, 0) is 50.9 Å². The predicted molar refractivity (Wildman–Crippen MR) is 70.4 cm³/mol. The molecule has 0 saturated carbocycles. The highest BCUT2D eigenvalue weighted by molar-refractivity contribution is 5.40. The lowest BCUT2D eigenvalue weighted by Gasteiger charge is -2.27. The summed E-state index contributed by atoms with van der Waals surface area (Å²) in [4.78, 5) is 2.48. The highest BCUT2D eigenvalue weighted by atomic mass is 15.1. The van der Waals surface area contributed by atoms with Crippen molar-refractivity contribution in [2.45, 2.75) is 32.6 Å². The normalized spacial score (nSPS) is 31.2. The summed E-state index contributed by atoms with van der Waals surface area (Å²) in [5, 5.41) is 0. The first-order valence-corrected chi connectivity index (χ1v) is 6.51. The smallest absolute Gasteiger partial charge is 0.0148 e. The zero-order chi connectivity index (χ0) is 11.4. The Morgan fingerprint density at radius 3 is 3.00 bits per heavy atom. The van der Waals surface area contributed by atoms with E-state index in [1.165, 1.54) is 44.3 Å². The molecule has 0 fully saturated rings. The summed E-state index contributed by atoms with van der Waals surface area (Å²) in [6.45, 7) is 4.67. The van der Waals surface area contributed by atoms with Crippen LogP contribution in [0.15, 0.2) is 35.5 Å². The molecule has 0 aromatic carbocycles. The van der Waals surface area contributed by atoms with Crippen LogP contribution in [-0.4, -0.2) is 25.0 Å². The molecule has 1 aliphatic heterocycles. The number of fused-ring (bicyclic) bond motifs is 1. The van der Waals surface area contributed by atoms with Crippen LogP contribution in [0.25, 0.3) is 0 Å². The van der Waals surface area contributed by atoms with E-state index in [1.54, 1.807) is 5.57 Å². The monoisotopic (exact) mass is 217 g/mol. The van der Waals surface area contributed by atoms with Crippen molar-refractivity contribution in [3.63, 3.8) is 0 Å². The minimum Gasteiger partial charge on any atom is -0.305 e. The maximum Gasteiger partial charge on any atom is 0.0148 e. The molecule has 0 bridgehead atoms. The molecule has 1 heterocycles. The van der Waals surface area contributed by atoms with Crippen molar-refractivity contribution in [2.24, 2.45) is 5.92 Å². The first kappa shape index (κ1) is 11.7. The van der Waals surface area contributed by atoms with Crippen molar-refractivity contribution >= 4 is 0 Å². The van der Waals surface area contributed by atoms with E-state index in [9.17, 15) is 0 Å². The van der Waals surface area contributed by atoms with Crippen LogP contribution >= 0.6 is 0 Å². The Hall–Kier alpha value is -0.820. The molecule has 16 heavy (non-hydrogen) atoms. The van der Waals surface area contributed by atoms with Crippen LogP contribution in [0.3, 0.4) is 0 Å². The van der Waals surface area contributed by atoms with Gasteiger partial charge in [0.15, 0.2) is 0 Å². The Bertz CT molecular complexity index is 322. The van der Waals surface area contributed by atoms with Crippen LogP contribution in [0.4, 0.5) is 0 Å². The van der Waals surface area contributed by atoms with Gasteiger partial charge in [0.05, 0.1) is 0 Å². The van der Waals surface area contributed by atoms with E-state index >= 15 is 0 Å². The predicted octanol–water partition coefficient (Wildman–Crippen LogP) is 3.55. The third kappa shape index (κ3) is 2.85. The van der Waals surface area contributed by atoms with E-state index in [1.807, 2.05) is 0 Å². The second-order valence-corrected chi connectivity index (χ2v) is 5.11. The average Bonchev–Trinajstić information content (AvgIpc) is 2.26. The highest BCUT2D eigenvalue weighted by Crippen LogP contribution is 2.27. The van der Waals surface area contributed by atoms with Crippen LogP contribution in [0.2, 0.25) is 0 Å². The zero-order valence-corrected chi connectivity index (χ0v) is 10.6. The van der Waals surface area contributed by atoms with E-state index < -0.39 is 0 Å². The lowest BCUT2D eigenvalue weighted by Crippen LogP contribution is -2.28. The minimum atomic E-state index is 0.619. The van der Waals surface area contributed by atoms with Gasteiger partial charge >= 0.3 is 0 Å². The molecule has 2 rings (SSSR count). The van der Waals surface area contributed by atoms with E-state index in [-0.39, 0.29) is 0 Å². The molecule has 0 amide bonds. The van der Waals surface area contributed by atoms with Crippen LogP contribution in [-0.2, 0) is 0 Å². The second kappa shape index (κ2) is 5.49. The van der Waals surface area contributed by atoms with Gasteiger partial charge in [-0.3, -0.25) is 0 Å². The fraction of sp³-hybridized carbons (Fsp3) is 0.600. The van der Waals surface area contributed by atoms with Gasteiger partial charge in [-0.25, -0.2) is 0 Å². The van der Waals surface area contributed by atoms with Crippen LogP contribution in [0.1, 0.15) is 32.6 Å². The van der Waals surface area contributed by atoms with Crippen LogP contribution < -0.4 is 0 Å². The van der Waals surface area contributed by atoms with Gasteiger partial charge in [0.1, 0.15) is 0 Å². The molecule has 88 valence electrons. The molecule has 1 heteroatoms. The molecular formula is C15H23N. The summed E-state index contributed by atoms with van der Waals surface area (Å²) in [5.41, 5.74) is 3.03. The molecule has 1 unspecified atom stereocenters. The summed E-state index contributed by atoms with van der Waals surface area (Å²) in [7, 11) is 2.25. The van der Waals surface area contributed by atoms with Crippen molar-refractivity contribution in [1.82, 2.24) is 4.90 Å². The van der Waals surface area contributed by atoms with E-state index in [0.29, 0.717) is 5.92 Å². The van der Waals surface area contributed by atoms with E-state index in [2.05, 4.69) is 43.2 Å². The Kier molecular flexibility index (Phi) is 4.00. The van der Waals surface area contributed by atoms with Gasteiger partial charge in [0.2, 0.25) is 0 Å². The standard InChI is InChI=1S/C15H23N/c1-13-8-7-9-14-12-16(2)11-6-4-3-5-10-15(13)14/h7-10,14H,3-6,11-12H2,1-2H3/b15-10-. The summed E-state index contributed by atoms with van der Waals surface area (Å²) in [5.74, 6) is 0.619. The largest absolute Gasteiger partial charge is 0.305 e. The zero-order valence-electron chi connectivity index (χ0n) is 10.6. The minimum absolute atomic E-state index is 0.619. The van der Waals surface area contributed by atoms with Crippen molar-refractivity contribution in [1.29, 1.82) is 0 Å². The van der Waals surface area contributed by atoms with Gasteiger partial charge in [-0.2, -0.15) is 0 Å². The Morgan fingerprint density at radius 1 is 1.25 bits per heavy atom. The third-order valence-electron chi connectivity index (χ3n) is 3.66. The van der Waals surface area contributed by atoms with Crippen LogP contribution in [0, 0.1) is 5.92 Å². The second-order valence-electron chi connectivity index (χ2n) is 5.11. The van der Waals surface area contributed by atoms with Gasteiger partial charge < -0.3 is 4.90 Å². The number of hydrogen-bond acceptors (Lipinski definition) is 1. The lowest BCUT2D eigenvalue weighted by atomic mass is 9.87. The van der Waals surface area contributed by atoms with Crippen molar-refractivity contribution < 1.29 is 0 Å². The first-order valence-electron chi connectivity index (χ1n) is 6.51. The highest BCUT2D eigenvalue weighted by Gasteiger charge is 2.17. The molecule has 0 spiro atoms. The Labute approximate surface area is 99.5 Å². The Balaban J connectivity index is 2.16. The molecule has 2 aliphatic rings. The first-order chi connectivity index (χ1) is 7.77. The average molecular weight is 217 g/mol. The van der Waals surface area contributed by atoms with Crippen molar-refractivity contribution in [3.05, 3.63) is 35.5 Å². The molecule has 1 atom stereocenters. The molecule has 1 aliphatic carbocycles. The molecule has 1 nitrogen and oxygen atoms in total. The summed E-state index contributed by atoms with van der Waals surface area (Å²) in [6.07, 6.45) is 14.6. The van der Waals surface area contributed by atoms with E-state index in [4.69, 9.17) is 0 Å². The number of rotatable bonds is 0. The summed E-state index contributed by atoms with van der Waals surface area (Å²) in [6, 6.07) is 0. The fourth-order valence-electron chi connectivity index (χ4n) is 2.69. The number of nitrogens with zero attached hydrogens (tertiary/aromatic N) is 1. The quantitative estimate of drug-likeness (QED) is 0.600. The molecule has 0 saturated heterocycles. The number of allylic oxidation sites excluding steroid dienone is 4. The molecular weight excluding hydrogens is 194 g/mol. The Morgan fingerprint density at radius 2 is 2.12 bits per heavy atom. The number of hydrogen-bond donors (Lipinski definition) is 0. The van der Waals surface area contributed by atoms with Crippen LogP contribution in [0.5, 0.6) is 0 Å². The van der Waals surface area contributed by atoms with E-state index in [0.717, 1.165) is 0 Å². The van der Waals surface area contributed by atoms with Gasteiger partial charge in [0.25, 0.3) is 0 Å². The van der Waals surface area contributed by atoms with Gasteiger partial charge in [-0.15, -0.1) is 0 Å². The lowest BCUT2D eigenvalue weighted by molar-refractivity contribution is 0.303. The maximum atomic E-state index is 2.48. The third-order valence-corrected chi connectivity index (χ3v) is 3.66. The SMILES string of the molecule is CC1=CC=CC2CN(C)CCCCC/C=C/12. The summed E-state index contributed by atoms with van der Waals surface area (Å²) >= 11 is 0. The fourth-order valence-corrected chi connectivity index (χ4v) is 2.69. The molecule has 0 aromatic heterocycles. The maximum absolute atomic E-state index is 2.48. The summed E-state index contributed by atoms with van der Waals surface area (Å²) < 4.78 is 0. The van der Waals surface area contributed by atoms with Crippen molar-refractivity contribution in [3.8, 4) is 0 Å². The molecule has 0 radical (unpaired) electrons.